The molecule has 3 fully saturated rings. The monoisotopic (exact) mass is 995 g/mol. The minimum Gasteiger partial charge on any atom is -0.461 e. The average molecular weight is 996 g/mol. The average Bonchev–Trinajstić information content (AvgIpc) is 3.33. The standard InChI is InChI=1S/C56H83ClN2O11/c1-34-15-11-10-12-16-36(3)45(58-43-23-21-42(57)22-24-43)33-44-25-19-40(7)56(66,70-44)53(63)54(64)59-28-14-13-17-46(59)55(65)69-48(37(4)31-41-20-26-47(60)49(32-41)67-8)27-18-35(2)30-39(6)51(62)52(68-9)50(61)38(5)29-34/h10-12,15-16,21-24,30,34-35,37-38,40-41,44-49,51-52,58,60,62,66H,13-14,17-20,25-29,31-33H2,1-9H3/b12-10+,15-11+,36-16+,39-30+/t34-,35+,37-,38-,40?,41?,44+,45+,46+,47-,48+,49-,51-,52+,56-/m1/s1. The van der Waals surface area contributed by atoms with Crippen LogP contribution in [0.25, 0.3) is 0 Å². The lowest BCUT2D eigenvalue weighted by Crippen LogP contribution is -2.61. The number of piperidine rings is 1. The molecular formula is C56H83ClN2O11. The number of anilines is 1. The van der Waals surface area contributed by atoms with Gasteiger partial charge in [-0.3, -0.25) is 14.4 Å². The number of ketones is 2. The summed E-state index contributed by atoms with van der Waals surface area (Å²) in [7, 11) is 3.05. The van der Waals surface area contributed by atoms with Crippen LogP contribution < -0.4 is 5.32 Å². The van der Waals surface area contributed by atoms with Gasteiger partial charge in [-0.05, 0) is 151 Å². The summed E-state index contributed by atoms with van der Waals surface area (Å²) in [4.78, 5) is 58.5. The number of amides is 1. The lowest BCUT2D eigenvalue weighted by atomic mass is 9.78. The van der Waals surface area contributed by atoms with E-state index in [9.17, 15) is 34.5 Å². The molecule has 0 aromatic heterocycles. The predicted molar refractivity (Wildman–Crippen MR) is 273 cm³/mol. The number of halogens is 1. The quantitative estimate of drug-likeness (QED) is 0.116. The van der Waals surface area contributed by atoms with Crippen LogP contribution >= 0.6 is 11.6 Å². The van der Waals surface area contributed by atoms with Crippen LogP contribution in [-0.2, 0) is 38.1 Å². The first-order valence-corrected chi connectivity index (χ1v) is 26.3. The number of benzene rings is 1. The summed E-state index contributed by atoms with van der Waals surface area (Å²) >= 11 is 6.22. The maximum atomic E-state index is 14.5. The van der Waals surface area contributed by atoms with Crippen LogP contribution in [0.4, 0.5) is 5.69 Å². The molecule has 3 heterocycles. The third-order valence-corrected chi connectivity index (χ3v) is 15.7. The van der Waals surface area contributed by atoms with E-state index in [0.29, 0.717) is 87.6 Å². The molecule has 13 nitrogen and oxygen atoms in total. The highest BCUT2D eigenvalue weighted by molar-refractivity contribution is 6.39. The van der Waals surface area contributed by atoms with E-state index < -0.39 is 65.9 Å². The van der Waals surface area contributed by atoms with Crippen molar-refractivity contribution in [3.05, 3.63) is 76.9 Å². The molecule has 4 aliphatic rings. The molecule has 390 valence electrons. The van der Waals surface area contributed by atoms with Crippen LogP contribution in [0.1, 0.15) is 132 Å². The molecule has 1 saturated carbocycles. The van der Waals surface area contributed by atoms with Crippen molar-refractivity contribution in [2.45, 2.75) is 186 Å². The van der Waals surface area contributed by atoms with E-state index in [1.807, 2.05) is 76.3 Å². The van der Waals surface area contributed by atoms with Gasteiger partial charge in [0.1, 0.15) is 24.4 Å². The van der Waals surface area contributed by atoms with Crippen LogP contribution in [0.2, 0.25) is 5.02 Å². The topological polar surface area (TPSA) is 181 Å². The molecule has 5 rings (SSSR count). The van der Waals surface area contributed by atoms with E-state index in [1.54, 1.807) is 33.1 Å². The zero-order chi connectivity index (χ0) is 51.3. The first kappa shape index (κ1) is 57.2. The fraction of sp³-hybridized carbons (Fsp3) is 0.679. The van der Waals surface area contributed by atoms with E-state index in [1.165, 1.54) is 12.0 Å². The number of ether oxygens (including phenoxy) is 4. The number of esters is 1. The number of hydrogen-bond acceptors (Lipinski definition) is 12. The van der Waals surface area contributed by atoms with Gasteiger partial charge < -0.3 is 44.5 Å². The number of cyclic esters (lactones) is 1. The number of rotatable bonds is 7. The van der Waals surface area contributed by atoms with Gasteiger partial charge in [0.15, 0.2) is 5.78 Å². The molecule has 14 heteroatoms. The van der Waals surface area contributed by atoms with Gasteiger partial charge in [0.25, 0.3) is 11.7 Å². The number of hydrogen-bond donors (Lipinski definition) is 4. The van der Waals surface area contributed by atoms with Crippen molar-refractivity contribution in [1.29, 1.82) is 0 Å². The molecule has 1 amide bonds. The zero-order valence-corrected chi connectivity index (χ0v) is 43.9. The molecule has 0 radical (unpaired) electrons. The number of nitrogens with one attached hydrogen (secondary N) is 1. The van der Waals surface area contributed by atoms with Gasteiger partial charge in [0, 0.05) is 49.4 Å². The number of aliphatic hydroxyl groups is 3. The number of aliphatic hydroxyl groups excluding tert-OH is 2. The Kier molecular flexibility index (Phi) is 21.9. The summed E-state index contributed by atoms with van der Waals surface area (Å²) in [5.41, 5.74) is 2.37. The fourth-order valence-electron chi connectivity index (χ4n) is 11.0. The molecule has 2 unspecified atom stereocenters. The predicted octanol–water partition coefficient (Wildman–Crippen LogP) is 9.12. The number of Topliss-reactive ketones (excluding diaryl/α,β-unsaturated/α-hetero) is 2. The SMILES string of the molecule is CO[C@@H]1CC(C[C@@H](C)[C@@H]2CC[C@H](C)/C=C(\C)[C@@H](O)[C@@H](OC)C(=O)[C@H](C)C[C@H](C)/C=C/C=C/C=C(\C)[C@@H](Nc3ccc(Cl)cc3)C[C@@H]3CCC(C)[C@@](O)(O3)C(=O)C(=O)N3CCCC[C@H]3C(=O)O2)CC[C@H]1O. The Balaban J connectivity index is 1.48. The van der Waals surface area contributed by atoms with Gasteiger partial charge in [0.2, 0.25) is 5.79 Å². The third kappa shape index (κ3) is 15.4. The Morgan fingerprint density at radius 1 is 0.843 bits per heavy atom. The van der Waals surface area contributed by atoms with Crippen molar-refractivity contribution in [1.82, 2.24) is 4.90 Å². The van der Waals surface area contributed by atoms with Gasteiger partial charge in [-0.2, -0.15) is 0 Å². The van der Waals surface area contributed by atoms with Crippen LogP contribution in [0.5, 0.6) is 0 Å². The van der Waals surface area contributed by atoms with Gasteiger partial charge in [0.05, 0.1) is 18.3 Å². The summed E-state index contributed by atoms with van der Waals surface area (Å²) in [6.45, 7) is 13.6. The number of carbonyl (C=O) groups is 4. The van der Waals surface area contributed by atoms with E-state index in [-0.39, 0.29) is 54.1 Å². The highest BCUT2D eigenvalue weighted by Crippen LogP contribution is 2.38. The molecule has 2 saturated heterocycles. The molecular weight excluding hydrogens is 912 g/mol. The second-order valence-corrected chi connectivity index (χ2v) is 21.6. The van der Waals surface area contributed by atoms with Gasteiger partial charge in [-0.15, -0.1) is 0 Å². The number of nitrogens with zero attached hydrogens (tertiary/aromatic N) is 1. The highest BCUT2D eigenvalue weighted by atomic mass is 35.5. The summed E-state index contributed by atoms with van der Waals surface area (Å²) in [6, 6.07) is 5.99. The number of methoxy groups -OCH3 is 2. The summed E-state index contributed by atoms with van der Waals surface area (Å²) in [5, 5.41) is 38.4. The highest BCUT2D eigenvalue weighted by Gasteiger charge is 2.53. The van der Waals surface area contributed by atoms with Crippen molar-refractivity contribution in [2.24, 2.45) is 35.5 Å². The van der Waals surface area contributed by atoms with Crippen molar-refractivity contribution >= 4 is 40.7 Å². The molecule has 1 aliphatic carbocycles. The van der Waals surface area contributed by atoms with Gasteiger partial charge in [-0.25, -0.2) is 4.79 Å². The summed E-state index contributed by atoms with van der Waals surface area (Å²) in [6.07, 6.45) is 14.9. The van der Waals surface area contributed by atoms with Crippen LogP contribution in [0.3, 0.4) is 0 Å². The Morgan fingerprint density at radius 3 is 2.27 bits per heavy atom. The molecule has 4 N–H and O–H groups in total. The van der Waals surface area contributed by atoms with Gasteiger partial charge in [-0.1, -0.05) is 88.2 Å². The van der Waals surface area contributed by atoms with Crippen LogP contribution in [0.15, 0.2) is 71.9 Å². The number of allylic oxidation sites excluding steroid dienone is 6. The summed E-state index contributed by atoms with van der Waals surface area (Å²) < 4.78 is 24.1. The van der Waals surface area contributed by atoms with Crippen molar-refractivity contribution < 1.29 is 53.4 Å². The maximum Gasteiger partial charge on any atom is 0.329 e. The molecule has 0 spiro atoms. The molecule has 1 aromatic rings. The van der Waals surface area contributed by atoms with E-state index in [4.69, 9.17) is 30.5 Å². The van der Waals surface area contributed by atoms with Crippen molar-refractivity contribution in [3.8, 4) is 0 Å². The van der Waals surface area contributed by atoms with Crippen molar-refractivity contribution in [3.63, 3.8) is 0 Å². The van der Waals surface area contributed by atoms with E-state index in [2.05, 4.69) is 12.2 Å². The summed E-state index contributed by atoms with van der Waals surface area (Å²) in [5.74, 6) is -6.24. The van der Waals surface area contributed by atoms with Crippen molar-refractivity contribution in [2.75, 3.05) is 26.1 Å². The van der Waals surface area contributed by atoms with Crippen LogP contribution in [-0.4, -0.2) is 119 Å². The smallest absolute Gasteiger partial charge is 0.329 e. The Bertz CT molecular complexity index is 2020. The van der Waals surface area contributed by atoms with E-state index >= 15 is 0 Å². The maximum absolute atomic E-state index is 14.5. The Labute approximate surface area is 422 Å². The largest absolute Gasteiger partial charge is 0.461 e. The lowest BCUT2D eigenvalue weighted by Gasteiger charge is -2.43. The number of carbonyl (C=O) groups excluding carboxylic acids is 4. The minimum absolute atomic E-state index is 0.0471. The Morgan fingerprint density at radius 2 is 1.57 bits per heavy atom. The molecule has 1 aromatic carbocycles. The first-order chi connectivity index (χ1) is 33.3. The zero-order valence-electron chi connectivity index (χ0n) is 43.2. The molecule has 2 bridgehead atoms. The molecule has 70 heavy (non-hydrogen) atoms. The fourth-order valence-corrected chi connectivity index (χ4v) is 11.1. The number of fused-ring (bicyclic) bond motifs is 3. The molecule has 15 atom stereocenters. The lowest BCUT2D eigenvalue weighted by molar-refractivity contribution is -0.263. The third-order valence-electron chi connectivity index (χ3n) is 15.5. The Hall–Kier alpha value is -3.69. The van der Waals surface area contributed by atoms with Gasteiger partial charge >= 0.3 is 5.97 Å². The van der Waals surface area contributed by atoms with Crippen LogP contribution in [0, 0.1) is 35.5 Å². The second-order valence-electron chi connectivity index (χ2n) is 21.2. The second kappa shape index (κ2) is 26.8. The molecule has 3 aliphatic heterocycles. The minimum atomic E-state index is -2.41. The normalized spacial score (nSPS) is 38.2. The first-order valence-electron chi connectivity index (χ1n) is 25.9. The van der Waals surface area contributed by atoms with E-state index in [0.717, 1.165) is 17.7 Å².